The van der Waals surface area contributed by atoms with Crippen molar-refractivity contribution < 1.29 is 14.3 Å². The molecule has 0 spiro atoms. The lowest BCUT2D eigenvalue weighted by Gasteiger charge is -2.02. The molecular weight excluding hydrogens is 402 g/mol. The van der Waals surface area contributed by atoms with Gasteiger partial charge in [0.1, 0.15) is 15.6 Å². The van der Waals surface area contributed by atoms with Crippen molar-refractivity contribution in [1.29, 1.82) is 0 Å². The molecule has 2 aromatic carbocycles. The van der Waals surface area contributed by atoms with Crippen molar-refractivity contribution in [3.8, 4) is 27.6 Å². The normalized spacial score (nSPS) is 10.5. The molecule has 3 rings (SSSR count). The van der Waals surface area contributed by atoms with Gasteiger partial charge in [-0.2, -0.15) is 0 Å². The Morgan fingerprint density at radius 3 is 2.32 bits per heavy atom. The molecule has 6 heteroatoms. The van der Waals surface area contributed by atoms with Gasteiger partial charge in [0.05, 0.1) is 19.4 Å². The Kier molecular flexibility index (Phi) is 5.50. The van der Waals surface area contributed by atoms with Crippen molar-refractivity contribution >= 4 is 33.2 Å². The molecule has 0 saturated carbocycles. The highest BCUT2D eigenvalue weighted by molar-refractivity contribution is 9.10. The monoisotopic (exact) mass is 417 g/mol. The SMILES string of the molecule is CCOC(=O)c1sc(-c2ccc(OC)cc2)nc1-c1ccc(Br)cc1. The van der Waals surface area contributed by atoms with Crippen molar-refractivity contribution in [3.63, 3.8) is 0 Å². The Balaban J connectivity index is 2.07. The first-order chi connectivity index (χ1) is 12.1. The maximum Gasteiger partial charge on any atom is 0.350 e. The number of esters is 1. The quantitative estimate of drug-likeness (QED) is 0.519. The van der Waals surface area contributed by atoms with Crippen LogP contribution in [0.5, 0.6) is 5.75 Å². The summed E-state index contributed by atoms with van der Waals surface area (Å²) in [5, 5.41) is 0.767. The van der Waals surface area contributed by atoms with E-state index in [0.717, 1.165) is 26.4 Å². The van der Waals surface area contributed by atoms with Gasteiger partial charge in [-0.3, -0.25) is 0 Å². The number of hydrogen-bond donors (Lipinski definition) is 0. The molecule has 4 nitrogen and oxygen atoms in total. The van der Waals surface area contributed by atoms with Crippen LogP contribution in [0.1, 0.15) is 16.6 Å². The standard InChI is InChI=1S/C19H16BrNO3S/c1-3-24-19(22)17-16(12-4-8-14(20)9-5-12)21-18(25-17)13-6-10-15(23-2)11-7-13/h4-11H,3H2,1-2H3. The lowest BCUT2D eigenvalue weighted by atomic mass is 10.1. The number of halogens is 1. The molecule has 0 bridgehead atoms. The van der Waals surface area contributed by atoms with E-state index in [2.05, 4.69) is 15.9 Å². The molecular formula is C19H16BrNO3S. The van der Waals surface area contributed by atoms with Gasteiger partial charge in [0, 0.05) is 15.6 Å². The van der Waals surface area contributed by atoms with Crippen LogP contribution in [0.25, 0.3) is 21.8 Å². The third-order valence-corrected chi connectivity index (χ3v) is 5.16. The second-order valence-electron chi connectivity index (χ2n) is 5.15. The van der Waals surface area contributed by atoms with Crippen LogP contribution in [-0.4, -0.2) is 24.7 Å². The van der Waals surface area contributed by atoms with Gasteiger partial charge in [-0.05, 0) is 43.3 Å². The van der Waals surface area contributed by atoms with Crippen LogP contribution in [-0.2, 0) is 4.74 Å². The molecule has 128 valence electrons. The maximum absolute atomic E-state index is 12.4. The van der Waals surface area contributed by atoms with Crippen LogP contribution < -0.4 is 4.74 Å². The van der Waals surface area contributed by atoms with E-state index in [1.807, 2.05) is 48.5 Å². The molecule has 1 heterocycles. The highest BCUT2D eigenvalue weighted by atomic mass is 79.9. The Morgan fingerprint density at radius 1 is 1.08 bits per heavy atom. The predicted molar refractivity (Wildman–Crippen MR) is 103 cm³/mol. The Bertz CT molecular complexity index is 873. The first-order valence-electron chi connectivity index (χ1n) is 7.70. The number of rotatable bonds is 5. The third kappa shape index (κ3) is 3.91. The summed E-state index contributed by atoms with van der Waals surface area (Å²) in [5.41, 5.74) is 2.45. The van der Waals surface area contributed by atoms with Gasteiger partial charge in [0.15, 0.2) is 0 Å². The average Bonchev–Trinajstić information content (AvgIpc) is 3.08. The number of methoxy groups -OCH3 is 1. The molecule has 0 atom stereocenters. The number of hydrogen-bond acceptors (Lipinski definition) is 5. The van der Waals surface area contributed by atoms with Gasteiger partial charge in [0.25, 0.3) is 0 Å². The zero-order valence-electron chi connectivity index (χ0n) is 13.8. The summed E-state index contributed by atoms with van der Waals surface area (Å²) in [4.78, 5) is 17.6. The molecule has 0 amide bonds. The average molecular weight is 418 g/mol. The van der Waals surface area contributed by atoms with Crippen molar-refractivity contribution in [2.24, 2.45) is 0 Å². The summed E-state index contributed by atoms with van der Waals surface area (Å²) in [6.45, 7) is 2.12. The van der Waals surface area contributed by atoms with Crippen LogP contribution in [0, 0.1) is 0 Å². The van der Waals surface area contributed by atoms with Crippen LogP contribution in [0.15, 0.2) is 53.0 Å². The number of benzene rings is 2. The van der Waals surface area contributed by atoms with Crippen LogP contribution in [0.3, 0.4) is 0 Å². The van der Waals surface area contributed by atoms with Crippen LogP contribution in [0.2, 0.25) is 0 Å². The fourth-order valence-electron chi connectivity index (χ4n) is 2.32. The lowest BCUT2D eigenvalue weighted by Crippen LogP contribution is -2.03. The lowest BCUT2D eigenvalue weighted by molar-refractivity contribution is 0.0532. The molecule has 0 aliphatic carbocycles. The summed E-state index contributed by atoms with van der Waals surface area (Å²) in [6.07, 6.45) is 0. The van der Waals surface area contributed by atoms with Gasteiger partial charge >= 0.3 is 5.97 Å². The molecule has 3 aromatic rings. The van der Waals surface area contributed by atoms with Crippen LogP contribution >= 0.6 is 27.3 Å². The summed E-state index contributed by atoms with van der Waals surface area (Å²) in [6, 6.07) is 15.3. The van der Waals surface area contributed by atoms with E-state index in [1.54, 1.807) is 14.0 Å². The first-order valence-corrected chi connectivity index (χ1v) is 9.31. The minimum Gasteiger partial charge on any atom is -0.497 e. The van der Waals surface area contributed by atoms with E-state index in [9.17, 15) is 4.79 Å². The number of nitrogens with zero attached hydrogens (tertiary/aromatic N) is 1. The summed E-state index contributed by atoms with van der Waals surface area (Å²) < 4.78 is 11.4. The Morgan fingerprint density at radius 2 is 1.72 bits per heavy atom. The topological polar surface area (TPSA) is 48.4 Å². The van der Waals surface area contributed by atoms with E-state index in [-0.39, 0.29) is 5.97 Å². The number of thiazole rings is 1. The molecule has 0 N–H and O–H groups in total. The molecule has 0 aliphatic heterocycles. The van der Waals surface area contributed by atoms with Gasteiger partial charge in [-0.15, -0.1) is 11.3 Å². The second-order valence-corrected chi connectivity index (χ2v) is 7.07. The molecule has 0 saturated heterocycles. The fraction of sp³-hybridized carbons (Fsp3) is 0.158. The van der Waals surface area contributed by atoms with Gasteiger partial charge < -0.3 is 9.47 Å². The minimum absolute atomic E-state index is 0.328. The largest absolute Gasteiger partial charge is 0.497 e. The van der Waals surface area contributed by atoms with Crippen molar-refractivity contribution in [2.45, 2.75) is 6.92 Å². The number of carbonyl (C=O) groups is 1. The summed E-state index contributed by atoms with van der Waals surface area (Å²) in [5.74, 6) is 0.428. The predicted octanol–water partition coefficient (Wildman–Crippen LogP) is 5.42. The van der Waals surface area contributed by atoms with E-state index < -0.39 is 0 Å². The molecule has 1 aromatic heterocycles. The zero-order chi connectivity index (χ0) is 17.8. The van der Waals surface area contributed by atoms with Crippen LogP contribution in [0.4, 0.5) is 0 Å². The first kappa shape index (κ1) is 17.6. The van der Waals surface area contributed by atoms with E-state index in [4.69, 9.17) is 14.5 Å². The van der Waals surface area contributed by atoms with Gasteiger partial charge in [0.2, 0.25) is 0 Å². The highest BCUT2D eigenvalue weighted by Gasteiger charge is 2.21. The zero-order valence-corrected chi connectivity index (χ0v) is 16.2. The number of ether oxygens (including phenoxy) is 2. The minimum atomic E-state index is -0.349. The van der Waals surface area contributed by atoms with Gasteiger partial charge in [-0.25, -0.2) is 9.78 Å². The number of aromatic nitrogens is 1. The van der Waals surface area contributed by atoms with Crippen molar-refractivity contribution in [2.75, 3.05) is 13.7 Å². The second kappa shape index (κ2) is 7.80. The van der Waals surface area contributed by atoms with E-state index in [1.165, 1.54) is 11.3 Å². The van der Waals surface area contributed by atoms with E-state index >= 15 is 0 Å². The molecule has 0 fully saturated rings. The smallest absolute Gasteiger partial charge is 0.350 e. The molecule has 0 aliphatic rings. The van der Waals surface area contributed by atoms with E-state index in [0.29, 0.717) is 17.2 Å². The highest BCUT2D eigenvalue weighted by Crippen LogP contribution is 2.35. The molecule has 0 radical (unpaired) electrons. The van der Waals surface area contributed by atoms with Gasteiger partial charge in [-0.1, -0.05) is 28.1 Å². The summed E-state index contributed by atoms with van der Waals surface area (Å²) in [7, 11) is 1.63. The number of carbonyl (C=O) groups excluding carboxylic acids is 1. The Labute approximate surface area is 158 Å². The van der Waals surface area contributed by atoms with Crippen molar-refractivity contribution in [1.82, 2.24) is 4.98 Å². The van der Waals surface area contributed by atoms with Crippen molar-refractivity contribution in [3.05, 3.63) is 57.9 Å². The maximum atomic E-state index is 12.4. The fourth-order valence-corrected chi connectivity index (χ4v) is 3.57. The Hall–Kier alpha value is -2.18. The third-order valence-electron chi connectivity index (χ3n) is 3.54. The molecule has 0 unspecified atom stereocenters. The summed E-state index contributed by atoms with van der Waals surface area (Å²) >= 11 is 4.76. The molecule has 25 heavy (non-hydrogen) atoms.